The molecule has 0 aliphatic rings. The molecule has 0 aliphatic carbocycles. The SMILES string of the molecule is CCC(C)CN(C)CCC(CO)NC. The van der Waals surface area contributed by atoms with E-state index in [0.29, 0.717) is 0 Å². The second-order valence-electron chi connectivity index (χ2n) is 4.23. The van der Waals surface area contributed by atoms with Gasteiger partial charge in [-0.05, 0) is 33.0 Å². The molecule has 3 nitrogen and oxygen atoms in total. The Morgan fingerprint density at radius 2 is 2.07 bits per heavy atom. The van der Waals surface area contributed by atoms with Gasteiger partial charge in [0.15, 0.2) is 0 Å². The number of nitrogens with zero attached hydrogens (tertiary/aromatic N) is 1. The van der Waals surface area contributed by atoms with Gasteiger partial charge >= 0.3 is 0 Å². The minimum absolute atomic E-state index is 0.230. The van der Waals surface area contributed by atoms with Gasteiger partial charge in [-0.2, -0.15) is 0 Å². The van der Waals surface area contributed by atoms with Crippen LogP contribution in [0.25, 0.3) is 0 Å². The average Bonchev–Trinajstić information content (AvgIpc) is 2.19. The average molecular weight is 202 g/mol. The van der Waals surface area contributed by atoms with Crippen molar-refractivity contribution in [1.29, 1.82) is 0 Å². The van der Waals surface area contributed by atoms with Gasteiger partial charge in [0.05, 0.1) is 6.61 Å². The molecule has 86 valence electrons. The molecule has 0 spiro atoms. The smallest absolute Gasteiger partial charge is 0.0585 e. The summed E-state index contributed by atoms with van der Waals surface area (Å²) in [5.74, 6) is 0.766. The summed E-state index contributed by atoms with van der Waals surface area (Å²) in [6, 6.07) is 0.245. The fourth-order valence-corrected chi connectivity index (χ4v) is 1.46. The van der Waals surface area contributed by atoms with Crippen molar-refractivity contribution >= 4 is 0 Å². The molecule has 0 aliphatic heterocycles. The fourth-order valence-electron chi connectivity index (χ4n) is 1.46. The minimum Gasteiger partial charge on any atom is -0.395 e. The molecule has 0 fully saturated rings. The lowest BCUT2D eigenvalue weighted by molar-refractivity contribution is 0.214. The predicted molar refractivity (Wildman–Crippen MR) is 61.5 cm³/mol. The summed E-state index contributed by atoms with van der Waals surface area (Å²) in [6.07, 6.45) is 2.25. The molecule has 0 heterocycles. The lowest BCUT2D eigenvalue weighted by atomic mass is 10.1. The molecule has 14 heavy (non-hydrogen) atoms. The van der Waals surface area contributed by atoms with Gasteiger partial charge in [0, 0.05) is 12.6 Å². The first-order valence-corrected chi connectivity index (χ1v) is 5.60. The number of likely N-dealkylation sites (N-methyl/N-ethyl adjacent to an activating group) is 1. The van der Waals surface area contributed by atoms with Crippen LogP contribution in [0.1, 0.15) is 26.7 Å². The summed E-state index contributed by atoms with van der Waals surface area (Å²) in [5, 5.41) is 12.1. The number of nitrogens with one attached hydrogen (secondary N) is 1. The van der Waals surface area contributed by atoms with Crippen molar-refractivity contribution in [3.05, 3.63) is 0 Å². The van der Waals surface area contributed by atoms with Gasteiger partial charge in [0.1, 0.15) is 0 Å². The van der Waals surface area contributed by atoms with Gasteiger partial charge in [-0.1, -0.05) is 20.3 Å². The third-order valence-corrected chi connectivity index (χ3v) is 2.81. The highest BCUT2D eigenvalue weighted by atomic mass is 16.3. The van der Waals surface area contributed by atoms with Gasteiger partial charge < -0.3 is 15.3 Å². The van der Waals surface area contributed by atoms with Crippen LogP contribution in [0, 0.1) is 5.92 Å². The van der Waals surface area contributed by atoms with E-state index in [1.54, 1.807) is 0 Å². The molecular weight excluding hydrogens is 176 g/mol. The molecule has 3 heteroatoms. The summed E-state index contributed by atoms with van der Waals surface area (Å²) >= 11 is 0. The molecule has 2 unspecified atom stereocenters. The third-order valence-electron chi connectivity index (χ3n) is 2.81. The van der Waals surface area contributed by atoms with Crippen LogP contribution in [0.4, 0.5) is 0 Å². The molecule has 0 saturated heterocycles. The van der Waals surface area contributed by atoms with Crippen molar-refractivity contribution in [3.63, 3.8) is 0 Å². The monoisotopic (exact) mass is 202 g/mol. The maximum absolute atomic E-state index is 8.99. The Bertz CT molecular complexity index is 126. The first kappa shape index (κ1) is 13.9. The Labute approximate surface area is 88.5 Å². The van der Waals surface area contributed by atoms with Gasteiger partial charge in [-0.3, -0.25) is 0 Å². The first-order valence-electron chi connectivity index (χ1n) is 5.60. The van der Waals surface area contributed by atoms with Crippen molar-refractivity contribution in [1.82, 2.24) is 10.2 Å². The second kappa shape index (κ2) is 8.21. The molecule has 0 saturated carbocycles. The Morgan fingerprint density at radius 3 is 2.50 bits per heavy atom. The second-order valence-corrected chi connectivity index (χ2v) is 4.23. The van der Waals surface area contributed by atoms with Crippen LogP contribution < -0.4 is 5.32 Å². The Hall–Kier alpha value is -0.120. The van der Waals surface area contributed by atoms with E-state index >= 15 is 0 Å². The third kappa shape index (κ3) is 6.35. The van der Waals surface area contributed by atoms with Crippen LogP contribution in [0.3, 0.4) is 0 Å². The maximum atomic E-state index is 8.99. The highest BCUT2D eigenvalue weighted by Crippen LogP contribution is 2.03. The van der Waals surface area contributed by atoms with Crippen LogP contribution in [-0.2, 0) is 0 Å². The standard InChI is InChI=1S/C11H26N2O/c1-5-10(2)8-13(4)7-6-11(9-14)12-3/h10-12,14H,5-9H2,1-4H3. The van der Waals surface area contributed by atoms with Gasteiger partial charge in [0.25, 0.3) is 0 Å². The summed E-state index contributed by atoms with van der Waals surface area (Å²) in [5.41, 5.74) is 0. The lowest BCUT2D eigenvalue weighted by Gasteiger charge is -2.22. The summed E-state index contributed by atoms with van der Waals surface area (Å²) < 4.78 is 0. The molecule has 0 rings (SSSR count). The fraction of sp³-hybridized carbons (Fsp3) is 1.00. The normalized spacial score (nSPS) is 15.9. The van der Waals surface area contributed by atoms with Crippen LogP contribution in [0.2, 0.25) is 0 Å². The van der Waals surface area contributed by atoms with E-state index in [1.807, 2.05) is 7.05 Å². The van der Waals surface area contributed by atoms with Crippen LogP contribution in [0.15, 0.2) is 0 Å². The zero-order valence-electron chi connectivity index (χ0n) is 10.1. The van der Waals surface area contributed by atoms with Crippen LogP contribution >= 0.6 is 0 Å². The van der Waals surface area contributed by atoms with E-state index in [9.17, 15) is 0 Å². The molecule has 0 bridgehead atoms. The molecular formula is C11H26N2O. The number of hydrogen-bond acceptors (Lipinski definition) is 3. The zero-order valence-corrected chi connectivity index (χ0v) is 10.1. The molecule has 0 amide bonds. The quantitative estimate of drug-likeness (QED) is 0.615. The molecule has 2 atom stereocenters. The van der Waals surface area contributed by atoms with Gasteiger partial charge in [-0.25, -0.2) is 0 Å². The zero-order chi connectivity index (χ0) is 11.0. The van der Waals surface area contributed by atoms with E-state index in [4.69, 9.17) is 5.11 Å². The number of aliphatic hydroxyl groups excluding tert-OH is 1. The molecule has 2 N–H and O–H groups in total. The first-order chi connectivity index (χ1) is 6.63. The van der Waals surface area contributed by atoms with Crippen molar-refractivity contribution in [3.8, 4) is 0 Å². The minimum atomic E-state index is 0.230. The Morgan fingerprint density at radius 1 is 1.43 bits per heavy atom. The highest BCUT2D eigenvalue weighted by Gasteiger charge is 2.08. The van der Waals surface area contributed by atoms with Crippen LogP contribution in [-0.4, -0.2) is 49.8 Å². The van der Waals surface area contributed by atoms with E-state index in [-0.39, 0.29) is 12.6 Å². The highest BCUT2D eigenvalue weighted by molar-refractivity contribution is 4.66. The number of rotatable bonds is 8. The molecule has 0 aromatic heterocycles. The van der Waals surface area contributed by atoms with Crippen molar-refractivity contribution in [2.45, 2.75) is 32.7 Å². The van der Waals surface area contributed by atoms with E-state index in [1.165, 1.54) is 6.42 Å². The summed E-state index contributed by atoms with van der Waals surface area (Å²) in [6.45, 7) is 6.93. The van der Waals surface area contributed by atoms with Crippen molar-refractivity contribution in [2.24, 2.45) is 5.92 Å². The van der Waals surface area contributed by atoms with Crippen molar-refractivity contribution < 1.29 is 5.11 Å². The van der Waals surface area contributed by atoms with Gasteiger partial charge in [-0.15, -0.1) is 0 Å². The van der Waals surface area contributed by atoms with Crippen LogP contribution in [0.5, 0.6) is 0 Å². The molecule has 0 aromatic rings. The topological polar surface area (TPSA) is 35.5 Å². The predicted octanol–water partition coefficient (Wildman–Crippen LogP) is 0.935. The van der Waals surface area contributed by atoms with Crippen molar-refractivity contribution in [2.75, 3.05) is 33.8 Å². The van der Waals surface area contributed by atoms with Gasteiger partial charge in [0.2, 0.25) is 0 Å². The molecule has 0 aromatic carbocycles. The summed E-state index contributed by atoms with van der Waals surface area (Å²) in [7, 11) is 4.05. The number of hydrogen-bond donors (Lipinski definition) is 2. The lowest BCUT2D eigenvalue weighted by Crippen LogP contribution is -2.34. The largest absolute Gasteiger partial charge is 0.395 e. The van der Waals surface area contributed by atoms with E-state index < -0.39 is 0 Å². The number of aliphatic hydroxyl groups is 1. The molecule has 0 radical (unpaired) electrons. The van der Waals surface area contributed by atoms with E-state index in [0.717, 1.165) is 25.4 Å². The maximum Gasteiger partial charge on any atom is 0.0585 e. The Kier molecular flexibility index (Phi) is 8.14. The summed E-state index contributed by atoms with van der Waals surface area (Å²) in [4.78, 5) is 2.34. The Balaban J connectivity index is 3.56. The van der Waals surface area contributed by atoms with E-state index in [2.05, 4.69) is 31.1 Å².